The number of aromatic nitrogens is 1. The molecule has 2 aromatic rings. The van der Waals surface area contributed by atoms with Gasteiger partial charge in [-0.25, -0.2) is 4.79 Å². The topological polar surface area (TPSA) is 58.6 Å². The molecule has 0 atom stereocenters. The average Bonchev–Trinajstić information content (AvgIpc) is 2.69. The molecule has 1 heterocycles. The molecule has 0 aliphatic rings. The Hall–Kier alpha value is -1.59. The molecule has 0 saturated heterocycles. The van der Waals surface area contributed by atoms with Crippen LogP contribution in [0.25, 0.3) is 11.1 Å². The maximum atomic E-state index is 11.9. The smallest absolute Gasteiger partial charge is 0.408 e. The first-order valence-corrected chi connectivity index (χ1v) is 6.94. The van der Waals surface area contributed by atoms with Gasteiger partial charge in [-0.3, -0.25) is 9.47 Å². The Morgan fingerprint density at radius 2 is 2.05 bits per heavy atom. The van der Waals surface area contributed by atoms with Crippen LogP contribution in [0.4, 0.5) is 0 Å². The molecular weight excluding hydrogens is 256 g/mol. The third kappa shape index (κ3) is 3.49. The lowest BCUT2D eigenvalue weighted by molar-refractivity contribution is 0.0368. The van der Waals surface area contributed by atoms with Gasteiger partial charge in [-0.2, -0.15) is 0 Å². The molecule has 110 valence electrons. The standard InChI is InChI=1S/C15H22N2O3/c1-4-16(11-15(2,3)19)9-10-17-12-7-5-6-8-13(12)20-14(17)18/h5-8,19H,4,9-11H2,1-3H3. The summed E-state index contributed by atoms with van der Waals surface area (Å²) in [6, 6.07) is 7.42. The predicted octanol–water partition coefficient (Wildman–Crippen LogP) is 1.69. The fraction of sp³-hybridized carbons (Fsp3) is 0.533. The van der Waals surface area contributed by atoms with Crippen LogP contribution in [0.2, 0.25) is 0 Å². The van der Waals surface area contributed by atoms with Crippen molar-refractivity contribution in [3.63, 3.8) is 0 Å². The zero-order chi connectivity index (χ0) is 14.8. The number of benzene rings is 1. The number of oxazole rings is 1. The quantitative estimate of drug-likeness (QED) is 0.873. The van der Waals surface area contributed by atoms with Gasteiger partial charge in [0.05, 0.1) is 11.1 Å². The van der Waals surface area contributed by atoms with Crippen LogP contribution in [0.15, 0.2) is 33.5 Å². The van der Waals surface area contributed by atoms with Crippen molar-refractivity contribution in [2.24, 2.45) is 0 Å². The van der Waals surface area contributed by atoms with E-state index in [-0.39, 0.29) is 5.76 Å². The van der Waals surface area contributed by atoms with Gasteiger partial charge in [-0.05, 0) is 32.5 Å². The Morgan fingerprint density at radius 1 is 1.35 bits per heavy atom. The van der Waals surface area contributed by atoms with E-state index < -0.39 is 5.60 Å². The van der Waals surface area contributed by atoms with E-state index >= 15 is 0 Å². The highest BCUT2D eigenvalue weighted by Crippen LogP contribution is 2.12. The lowest BCUT2D eigenvalue weighted by atomic mass is 10.1. The molecule has 0 fully saturated rings. The lowest BCUT2D eigenvalue weighted by Crippen LogP contribution is -2.40. The summed E-state index contributed by atoms with van der Waals surface area (Å²) in [5.41, 5.74) is 0.694. The highest BCUT2D eigenvalue weighted by Gasteiger charge is 2.17. The third-order valence-corrected chi connectivity index (χ3v) is 3.27. The Labute approximate surface area is 118 Å². The Balaban J connectivity index is 2.12. The summed E-state index contributed by atoms with van der Waals surface area (Å²) >= 11 is 0. The molecule has 0 aliphatic carbocycles. The van der Waals surface area contributed by atoms with Gasteiger partial charge in [0, 0.05) is 19.6 Å². The van der Waals surface area contributed by atoms with Crippen LogP contribution in [-0.4, -0.2) is 39.8 Å². The predicted molar refractivity (Wildman–Crippen MR) is 78.9 cm³/mol. The lowest BCUT2D eigenvalue weighted by Gasteiger charge is -2.27. The van der Waals surface area contributed by atoms with Gasteiger partial charge in [-0.1, -0.05) is 19.1 Å². The first-order valence-electron chi connectivity index (χ1n) is 6.94. The molecular formula is C15H22N2O3. The first kappa shape index (κ1) is 14.8. The fourth-order valence-corrected chi connectivity index (χ4v) is 2.36. The molecule has 0 radical (unpaired) electrons. The molecule has 0 aliphatic heterocycles. The first-order chi connectivity index (χ1) is 9.40. The number of rotatable bonds is 6. The maximum absolute atomic E-state index is 11.9. The van der Waals surface area contributed by atoms with Gasteiger partial charge in [0.1, 0.15) is 0 Å². The number of nitrogens with zero attached hydrogens (tertiary/aromatic N) is 2. The Bertz CT molecular complexity index is 622. The summed E-state index contributed by atoms with van der Waals surface area (Å²) < 4.78 is 6.85. The summed E-state index contributed by atoms with van der Waals surface area (Å²) in [6.45, 7) is 8.28. The normalized spacial score (nSPS) is 12.4. The molecule has 1 N–H and O–H groups in total. The van der Waals surface area contributed by atoms with Gasteiger partial charge >= 0.3 is 5.76 Å². The summed E-state index contributed by atoms with van der Waals surface area (Å²) in [5.74, 6) is -0.328. The van der Waals surface area contributed by atoms with E-state index in [1.807, 2.05) is 25.1 Å². The Morgan fingerprint density at radius 3 is 2.70 bits per heavy atom. The SMILES string of the molecule is CCN(CCn1c(=O)oc2ccccc21)CC(C)(C)O. The molecule has 0 unspecified atom stereocenters. The second kappa shape index (κ2) is 5.81. The van der Waals surface area contributed by atoms with Crippen LogP contribution in [-0.2, 0) is 6.54 Å². The second-order valence-electron chi connectivity index (χ2n) is 5.67. The van der Waals surface area contributed by atoms with Crippen molar-refractivity contribution in [1.82, 2.24) is 9.47 Å². The molecule has 20 heavy (non-hydrogen) atoms. The summed E-state index contributed by atoms with van der Waals surface area (Å²) in [4.78, 5) is 14.0. The van der Waals surface area contributed by atoms with Crippen molar-refractivity contribution in [3.05, 3.63) is 34.8 Å². The van der Waals surface area contributed by atoms with Crippen LogP contribution >= 0.6 is 0 Å². The van der Waals surface area contributed by atoms with E-state index in [0.29, 0.717) is 25.2 Å². The monoisotopic (exact) mass is 278 g/mol. The molecule has 1 aromatic carbocycles. The number of para-hydroxylation sites is 2. The summed E-state index contributed by atoms with van der Waals surface area (Å²) in [5, 5.41) is 9.87. The molecule has 2 rings (SSSR count). The largest absolute Gasteiger partial charge is 0.419 e. The van der Waals surface area contributed by atoms with Crippen molar-refractivity contribution in [3.8, 4) is 0 Å². The van der Waals surface area contributed by atoms with Crippen LogP contribution in [0.3, 0.4) is 0 Å². The molecule has 1 aromatic heterocycles. The van der Waals surface area contributed by atoms with Gasteiger partial charge in [0.25, 0.3) is 0 Å². The summed E-state index contributed by atoms with van der Waals surface area (Å²) in [6.07, 6.45) is 0. The minimum atomic E-state index is -0.737. The van der Waals surface area contributed by atoms with E-state index in [1.165, 1.54) is 0 Å². The van der Waals surface area contributed by atoms with Crippen LogP contribution in [0.1, 0.15) is 20.8 Å². The minimum absolute atomic E-state index is 0.328. The van der Waals surface area contributed by atoms with E-state index in [0.717, 1.165) is 12.1 Å². The van der Waals surface area contributed by atoms with Gasteiger partial charge < -0.3 is 9.52 Å². The van der Waals surface area contributed by atoms with Gasteiger partial charge in [-0.15, -0.1) is 0 Å². The number of hydrogen-bond acceptors (Lipinski definition) is 4. The molecule has 0 spiro atoms. The van der Waals surface area contributed by atoms with Crippen LogP contribution in [0, 0.1) is 0 Å². The molecule has 5 heteroatoms. The number of likely N-dealkylation sites (N-methyl/N-ethyl adjacent to an activating group) is 1. The Kier molecular flexibility index (Phi) is 4.30. The van der Waals surface area contributed by atoms with E-state index in [9.17, 15) is 9.90 Å². The minimum Gasteiger partial charge on any atom is -0.408 e. The number of fused-ring (bicyclic) bond motifs is 1. The van der Waals surface area contributed by atoms with Gasteiger partial charge in [0.2, 0.25) is 0 Å². The fourth-order valence-electron chi connectivity index (χ4n) is 2.36. The van der Waals surface area contributed by atoms with Crippen molar-refractivity contribution in [2.45, 2.75) is 32.9 Å². The van der Waals surface area contributed by atoms with E-state index in [2.05, 4.69) is 4.90 Å². The van der Waals surface area contributed by atoms with Gasteiger partial charge in [0.15, 0.2) is 5.58 Å². The van der Waals surface area contributed by atoms with Crippen molar-refractivity contribution in [1.29, 1.82) is 0 Å². The summed E-state index contributed by atoms with van der Waals surface area (Å²) in [7, 11) is 0. The highest BCUT2D eigenvalue weighted by molar-refractivity contribution is 5.72. The zero-order valence-electron chi connectivity index (χ0n) is 12.3. The van der Waals surface area contributed by atoms with Crippen molar-refractivity contribution in [2.75, 3.05) is 19.6 Å². The molecule has 0 bridgehead atoms. The second-order valence-corrected chi connectivity index (χ2v) is 5.67. The van der Waals surface area contributed by atoms with Crippen molar-refractivity contribution < 1.29 is 9.52 Å². The van der Waals surface area contributed by atoms with E-state index in [4.69, 9.17) is 4.42 Å². The van der Waals surface area contributed by atoms with Crippen LogP contribution in [0.5, 0.6) is 0 Å². The molecule has 0 amide bonds. The maximum Gasteiger partial charge on any atom is 0.419 e. The molecule has 5 nitrogen and oxygen atoms in total. The van der Waals surface area contributed by atoms with Crippen molar-refractivity contribution >= 4 is 11.1 Å². The zero-order valence-corrected chi connectivity index (χ0v) is 12.3. The average molecular weight is 278 g/mol. The highest BCUT2D eigenvalue weighted by atomic mass is 16.4. The molecule has 0 saturated carbocycles. The third-order valence-electron chi connectivity index (χ3n) is 3.27. The van der Waals surface area contributed by atoms with E-state index in [1.54, 1.807) is 24.5 Å². The number of hydrogen-bond donors (Lipinski definition) is 1. The number of aliphatic hydroxyl groups is 1. The van der Waals surface area contributed by atoms with Crippen LogP contribution < -0.4 is 5.76 Å².